The normalized spacial score (nSPS) is 22.3. The maximum atomic E-state index is 13.5. The predicted molar refractivity (Wildman–Crippen MR) is 65.7 cm³/mol. The van der Waals surface area contributed by atoms with Gasteiger partial charge in [-0.25, -0.2) is 4.39 Å². The summed E-state index contributed by atoms with van der Waals surface area (Å²) < 4.78 is 23.3. The van der Waals surface area contributed by atoms with Crippen LogP contribution < -0.4 is 10.1 Å². The van der Waals surface area contributed by atoms with E-state index < -0.39 is 17.3 Å². The zero-order chi connectivity index (χ0) is 13.9. The van der Waals surface area contributed by atoms with Crippen LogP contribution in [0, 0.1) is 5.82 Å². The topological polar surface area (TPSA) is 67.8 Å². The number of carbonyl (C=O) groups is 1. The van der Waals surface area contributed by atoms with Gasteiger partial charge >= 0.3 is 0 Å². The fraction of sp³-hybridized carbons (Fsp3) is 0.462. The minimum atomic E-state index is -1.03. The van der Waals surface area contributed by atoms with Gasteiger partial charge in [0.05, 0.1) is 13.7 Å². The summed E-state index contributed by atoms with van der Waals surface area (Å²) in [6.45, 7) is 0.757. The molecule has 0 bridgehead atoms. The van der Waals surface area contributed by atoms with Crippen molar-refractivity contribution < 1.29 is 23.8 Å². The SMILES string of the molecule is COc1ccc(C(=O)NC[C@]2(O)CCOC2)cc1F. The molecule has 0 unspecified atom stereocenters. The minimum absolute atomic E-state index is 0.0828. The molecule has 104 valence electrons. The number of hydrogen-bond donors (Lipinski definition) is 2. The van der Waals surface area contributed by atoms with E-state index in [4.69, 9.17) is 9.47 Å². The maximum Gasteiger partial charge on any atom is 0.251 e. The number of methoxy groups -OCH3 is 1. The van der Waals surface area contributed by atoms with E-state index in [1.165, 1.54) is 19.2 Å². The van der Waals surface area contributed by atoms with Gasteiger partial charge in [0.15, 0.2) is 11.6 Å². The molecule has 1 aromatic carbocycles. The first kappa shape index (κ1) is 13.8. The molecule has 0 spiro atoms. The highest BCUT2D eigenvalue weighted by Gasteiger charge is 2.32. The third kappa shape index (κ3) is 3.21. The third-order valence-electron chi connectivity index (χ3n) is 3.07. The van der Waals surface area contributed by atoms with Gasteiger partial charge in [-0.1, -0.05) is 0 Å². The summed E-state index contributed by atoms with van der Waals surface area (Å²) in [6.07, 6.45) is 0.476. The molecule has 1 heterocycles. The fourth-order valence-corrected chi connectivity index (χ4v) is 1.89. The average Bonchev–Trinajstić information content (AvgIpc) is 2.83. The average molecular weight is 269 g/mol. The van der Waals surface area contributed by atoms with Crippen LogP contribution in [0.1, 0.15) is 16.8 Å². The standard InChI is InChI=1S/C13H16FNO4/c1-18-11-3-2-9(6-10(11)14)12(16)15-7-13(17)4-5-19-8-13/h2-3,6,17H,4-5,7-8H2,1H3,(H,15,16)/t13-/m1/s1. The van der Waals surface area contributed by atoms with E-state index in [9.17, 15) is 14.3 Å². The smallest absolute Gasteiger partial charge is 0.251 e. The van der Waals surface area contributed by atoms with Crippen LogP contribution >= 0.6 is 0 Å². The van der Waals surface area contributed by atoms with Crippen molar-refractivity contribution in [1.82, 2.24) is 5.32 Å². The van der Waals surface area contributed by atoms with Crippen LogP contribution in [0.4, 0.5) is 4.39 Å². The van der Waals surface area contributed by atoms with Gasteiger partial charge in [-0.05, 0) is 18.2 Å². The summed E-state index contributed by atoms with van der Waals surface area (Å²) in [5.74, 6) is -0.959. The highest BCUT2D eigenvalue weighted by molar-refractivity contribution is 5.94. The molecule has 0 saturated carbocycles. The number of ether oxygens (including phenoxy) is 2. The molecule has 0 aromatic heterocycles. The molecule has 6 heteroatoms. The van der Waals surface area contributed by atoms with Crippen molar-refractivity contribution in [3.05, 3.63) is 29.6 Å². The van der Waals surface area contributed by atoms with Gasteiger partial charge in [-0.2, -0.15) is 0 Å². The molecule has 1 aromatic rings. The lowest BCUT2D eigenvalue weighted by atomic mass is 10.0. The van der Waals surface area contributed by atoms with Crippen LogP contribution in [0.25, 0.3) is 0 Å². The molecule has 1 fully saturated rings. The molecule has 1 saturated heterocycles. The van der Waals surface area contributed by atoms with E-state index >= 15 is 0 Å². The lowest BCUT2D eigenvalue weighted by Gasteiger charge is -2.20. The second-order valence-electron chi connectivity index (χ2n) is 4.56. The van der Waals surface area contributed by atoms with E-state index in [0.717, 1.165) is 6.07 Å². The monoisotopic (exact) mass is 269 g/mol. The summed E-state index contributed by atoms with van der Waals surface area (Å²) in [7, 11) is 1.35. The Kier molecular flexibility index (Phi) is 4.01. The third-order valence-corrected chi connectivity index (χ3v) is 3.07. The molecular weight excluding hydrogens is 253 g/mol. The van der Waals surface area contributed by atoms with E-state index in [2.05, 4.69) is 5.32 Å². The van der Waals surface area contributed by atoms with Gasteiger partial charge < -0.3 is 19.9 Å². The molecular formula is C13H16FNO4. The first-order valence-electron chi connectivity index (χ1n) is 5.96. The molecule has 1 aliphatic heterocycles. The predicted octanol–water partition coefficient (Wildman–Crippen LogP) is 0.715. The Morgan fingerprint density at radius 2 is 2.42 bits per heavy atom. The van der Waals surface area contributed by atoms with Gasteiger partial charge in [0.1, 0.15) is 5.60 Å². The molecule has 1 aliphatic rings. The Balaban J connectivity index is 1.98. The number of nitrogens with one attached hydrogen (secondary N) is 1. The lowest BCUT2D eigenvalue weighted by Crippen LogP contribution is -2.43. The maximum absolute atomic E-state index is 13.5. The first-order chi connectivity index (χ1) is 9.04. The summed E-state index contributed by atoms with van der Waals surface area (Å²) >= 11 is 0. The molecule has 19 heavy (non-hydrogen) atoms. The van der Waals surface area contributed by atoms with E-state index in [-0.39, 0.29) is 24.5 Å². The van der Waals surface area contributed by atoms with Crippen LogP contribution in [0.2, 0.25) is 0 Å². The van der Waals surface area contributed by atoms with Crippen molar-refractivity contribution in [2.75, 3.05) is 26.9 Å². The molecule has 0 aliphatic carbocycles. The van der Waals surface area contributed by atoms with Gasteiger partial charge in [0.25, 0.3) is 5.91 Å². The summed E-state index contributed by atoms with van der Waals surface area (Å²) in [6, 6.07) is 3.95. The quantitative estimate of drug-likeness (QED) is 0.845. The van der Waals surface area contributed by atoms with Crippen LogP contribution in [-0.4, -0.2) is 43.5 Å². The highest BCUT2D eigenvalue weighted by atomic mass is 19.1. The Bertz CT molecular complexity index is 472. The van der Waals surface area contributed by atoms with E-state index in [1.807, 2.05) is 0 Å². The molecule has 1 amide bonds. The molecule has 2 rings (SSSR count). The Labute approximate surface area is 110 Å². The van der Waals surface area contributed by atoms with Crippen LogP contribution in [0.3, 0.4) is 0 Å². The van der Waals surface area contributed by atoms with Gasteiger partial charge in [0.2, 0.25) is 0 Å². The van der Waals surface area contributed by atoms with Crippen LogP contribution in [-0.2, 0) is 4.74 Å². The van der Waals surface area contributed by atoms with Crippen LogP contribution in [0.5, 0.6) is 5.75 Å². The molecule has 2 N–H and O–H groups in total. The molecule has 1 atom stereocenters. The Morgan fingerprint density at radius 1 is 1.63 bits per heavy atom. The Hall–Kier alpha value is -1.66. The van der Waals surface area contributed by atoms with Crippen LogP contribution in [0.15, 0.2) is 18.2 Å². The summed E-state index contributed by atoms with van der Waals surface area (Å²) in [5, 5.41) is 12.6. The van der Waals surface area contributed by atoms with Crippen molar-refractivity contribution in [2.45, 2.75) is 12.0 Å². The first-order valence-corrected chi connectivity index (χ1v) is 5.96. The fourth-order valence-electron chi connectivity index (χ4n) is 1.89. The van der Waals surface area contributed by atoms with Crippen molar-refractivity contribution in [3.8, 4) is 5.75 Å². The van der Waals surface area contributed by atoms with Crippen molar-refractivity contribution in [1.29, 1.82) is 0 Å². The number of carbonyl (C=O) groups excluding carboxylic acids is 1. The zero-order valence-corrected chi connectivity index (χ0v) is 10.6. The number of halogens is 1. The number of rotatable bonds is 4. The molecule has 0 radical (unpaired) electrons. The van der Waals surface area contributed by atoms with Crippen molar-refractivity contribution in [3.63, 3.8) is 0 Å². The lowest BCUT2D eigenvalue weighted by molar-refractivity contribution is 0.0264. The number of amides is 1. The number of hydrogen-bond acceptors (Lipinski definition) is 4. The van der Waals surface area contributed by atoms with Gasteiger partial charge in [-0.3, -0.25) is 4.79 Å². The van der Waals surface area contributed by atoms with E-state index in [0.29, 0.717) is 13.0 Å². The van der Waals surface area contributed by atoms with Gasteiger partial charge in [-0.15, -0.1) is 0 Å². The largest absolute Gasteiger partial charge is 0.494 e. The summed E-state index contributed by atoms with van der Waals surface area (Å²) in [5.41, 5.74) is -0.846. The van der Waals surface area contributed by atoms with Crippen molar-refractivity contribution >= 4 is 5.91 Å². The second kappa shape index (κ2) is 5.54. The molecule has 5 nitrogen and oxygen atoms in total. The number of benzene rings is 1. The van der Waals surface area contributed by atoms with Gasteiger partial charge in [0, 0.05) is 25.1 Å². The Morgan fingerprint density at radius 3 is 3.00 bits per heavy atom. The van der Waals surface area contributed by atoms with Crippen molar-refractivity contribution in [2.24, 2.45) is 0 Å². The number of aliphatic hydroxyl groups is 1. The summed E-state index contributed by atoms with van der Waals surface area (Å²) in [4.78, 5) is 11.8. The van der Waals surface area contributed by atoms with E-state index in [1.54, 1.807) is 0 Å². The zero-order valence-electron chi connectivity index (χ0n) is 10.6. The minimum Gasteiger partial charge on any atom is -0.494 e. The second-order valence-corrected chi connectivity index (χ2v) is 4.56. The highest BCUT2D eigenvalue weighted by Crippen LogP contribution is 2.19.